The van der Waals surface area contributed by atoms with Gasteiger partial charge in [0.1, 0.15) is 0 Å². The van der Waals surface area contributed by atoms with Crippen LogP contribution in [0, 0.1) is 0 Å². The topological polar surface area (TPSA) is 55.0 Å². The molecular formula is C109H92BN7. The number of hydrogen-bond donors (Lipinski definition) is 0. The van der Waals surface area contributed by atoms with Crippen LogP contribution in [-0.2, 0) is 21.7 Å². The fourth-order valence-corrected chi connectivity index (χ4v) is 17.1. The number of benzene rings is 15. The second-order valence-electron chi connectivity index (χ2n) is 34.9. The highest BCUT2D eigenvalue weighted by atomic mass is 15.2. The summed E-state index contributed by atoms with van der Waals surface area (Å²) in [5.74, 6) is 0.905. The highest BCUT2D eigenvalue weighted by Gasteiger charge is 2.47. The SMILES string of the molecule is [2H]c1c([2H])c([2H])c2c(c1[2H])c1c([2H])c([2H])c([2H])c([2H])c1n2-c1ccc2c(c1)N(c1c(-c3ccccc3)cc(C(C)(C)C)cc1-c1nc(-c3ccccc3)nc(-c3ccccc3)n1)c1cc(-n3c4c([2H])c([2H])c([2H])c([2H])c4c4c([2H])c([2H])c([2H])c([2H])c43)cc3c1B2c1ccc(-c2cc(C(C)(C)C)cc(C(C)(C)C)c2)cc1N3c1c(-c2ccccc2)cc(C(C)(C)C)cc1-c1ccccc1. The Morgan fingerprint density at radius 3 is 0.974 bits per heavy atom. The second kappa shape index (κ2) is 27.7. The molecule has 0 saturated carbocycles. The molecule has 0 atom stereocenters. The standard InChI is InChI=1S/C109H92BN7/c1-106(2,3)76-58-75(59-77(61-76)107(4,5)6)74-54-56-90-96(60-74)116(101-86(69-36-18-13-19-37-69)62-78(108(7,8)9)63-87(101)70-38-20-14-21-39-70)98-67-81(115-94-52-34-30-48-84(94)85-49-31-35-53-95(85)115)68-99-100(98)110(90)91-57-55-80(114-92-50-32-28-46-82(92)83-47-29-33-51-93(83)114)66-97(91)117(99)102-88(71-40-22-15-23-41-71)64-79(109(10,11)12)65-89(102)105-112-103(72-42-24-16-25-43-72)111-104(113-105)73-44-26-17-27-45-73/h13-68H,1-12H3/i28D,29D,30D,31D,32D,33D,34D,35D,46D,47D,48D,49D,50D,51D,52D,53D. The zero-order valence-electron chi connectivity index (χ0n) is 83.3. The maximum absolute atomic E-state index is 10.4. The van der Waals surface area contributed by atoms with Crippen molar-refractivity contribution in [2.45, 2.75) is 105 Å². The van der Waals surface area contributed by atoms with Crippen LogP contribution >= 0.6 is 0 Å². The summed E-state index contributed by atoms with van der Waals surface area (Å²) in [5, 5.41) is -0.557. The normalized spacial score (nSPS) is 14.8. The number of nitrogens with zero attached hydrogens (tertiary/aromatic N) is 7. The Balaban J connectivity index is 1.07. The maximum Gasteiger partial charge on any atom is 0.252 e. The third-order valence-corrected chi connectivity index (χ3v) is 23.2. The highest BCUT2D eigenvalue weighted by Crippen LogP contribution is 2.56. The average molecular weight is 1530 g/mol. The number of fused-ring (bicyclic) bond motifs is 10. The molecule has 8 heteroatoms. The number of aromatic nitrogens is 5. The molecule has 0 fully saturated rings. The van der Waals surface area contributed by atoms with E-state index in [1.54, 1.807) is 4.57 Å². The summed E-state index contributed by atoms with van der Waals surface area (Å²) >= 11 is 0. The number of para-hydroxylation sites is 4. The fourth-order valence-electron chi connectivity index (χ4n) is 17.1. The predicted octanol–water partition coefficient (Wildman–Crippen LogP) is 27.0. The van der Waals surface area contributed by atoms with Crippen LogP contribution in [0.2, 0.25) is 0 Å². The molecule has 0 unspecified atom stereocenters. The van der Waals surface area contributed by atoms with E-state index < -0.39 is 114 Å². The van der Waals surface area contributed by atoms with Crippen LogP contribution < -0.4 is 26.2 Å². The molecule has 0 amide bonds. The molecule has 0 aliphatic carbocycles. The second-order valence-corrected chi connectivity index (χ2v) is 34.9. The van der Waals surface area contributed by atoms with Gasteiger partial charge in [0.25, 0.3) is 6.71 Å². The van der Waals surface area contributed by atoms with Gasteiger partial charge in [-0.15, -0.1) is 0 Å². The predicted molar refractivity (Wildman–Crippen MR) is 495 cm³/mol. The molecule has 0 N–H and O–H groups in total. The summed E-state index contributed by atoms with van der Waals surface area (Å²) in [6, 6.07) is 72.9. The first-order valence-electron chi connectivity index (χ1n) is 47.9. The Morgan fingerprint density at radius 1 is 0.265 bits per heavy atom. The highest BCUT2D eigenvalue weighted by molar-refractivity contribution is 7.00. The molecule has 566 valence electrons. The summed E-state index contributed by atoms with van der Waals surface area (Å²) in [5.41, 5.74) is 16.0. The molecule has 2 aliphatic heterocycles. The van der Waals surface area contributed by atoms with Crippen molar-refractivity contribution in [2.75, 3.05) is 9.80 Å². The smallest absolute Gasteiger partial charge is 0.252 e. The molecule has 18 aromatic rings. The molecule has 3 aromatic heterocycles. The van der Waals surface area contributed by atoms with E-state index in [1.807, 2.05) is 158 Å². The van der Waals surface area contributed by atoms with Gasteiger partial charge in [-0.05, 0) is 167 Å². The van der Waals surface area contributed by atoms with Gasteiger partial charge in [0.2, 0.25) is 0 Å². The lowest BCUT2D eigenvalue weighted by molar-refractivity contribution is 0.569. The number of rotatable bonds is 11. The van der Waals surface area contributed by atoms with Gasteiger partial charge in [0.05, 0.1) is 61.1 Å². The van der Waals surface area contributed by atoms with Crippen molar-refractivity contribution in [1.29, 1.82) is 0 Å². The lowest BCUT2D eigenvalue weighted by atomic mass is 9.33. The Kier molecular flexibility index (Phi) is 13.4. The number of hydrogen-bond acceptors (Lipinski definition) is 5. The minimum Gasteiger partial charge on any atom is -0.310 e. The Hall–Kier alpha value is -13.4. The van der Waals surface area contributed by atoms with E-state index in [4.69, 9.17) is 15.0 Å². The fraction of sp³-hybridized carbons (Fsp3) is 0.147. The minimum absolute atomic E-state index is 0.120. The Labute approximate surface area is 709 Å². The molecular weight excluding hydrogens is 1420 g/mol. The van der Waals surface area contributed by atoms with Crippen molar-refractivity contribution in [3.05, 3.63) is 362 Å². The van der Waals surface area contributed by atoms with Crippen molar-refractivity contribution >= 4 is 101 Å². The quantitative estimate of drug-likeness (QED) is 0.121. The molecule has 117 heavy (non-hydrogen) atoms. The van der Waals surface area contributed by atoms with Crippen molar-refractivity contribution < 1.29 is 21.9 Å². The zero-order valence-corrected chi connectivity index (χ0v) is 67.3. The van der Waals surface area contributed by atoms with Crippen molar-refractivity contribution in [1.82, 2.24) is 24.1 Å². The maximum atomic E-state index is 10.4. The van der Waals surface area contributed by atoms with Crippen LogP contribution in [0.15, 0.2) is 339 Å². The minimum atomic E-state index is -0.885. The van der Waals surface area contributed by atoms with E-state index in [2.05, 4.69) is 178 Å². The van der Waals surface area contributed by atoms with E-state index >= 15 is 0 Å². The third-order valence-electron chi connectivity index (χ3n) is 23.2. The lowest BCUT2D eigenvalue weighted by Gasteiger charge is -2.46. The molecule has 0 spiro atoms. The van der Waals surface area contributed by atoms with Crippen LogP contribution in [0.1, 0.15) is 127 Å². The van der Waals surface area contributed by atoms with Crippen molar-refractivity contribution in [2.24, 2.45) is 0 Å². The van der Waals surface area contributed by atoms with Gasteiger partial charge in [0.15, 0.2) is 17.5 Å². The molecule has 2 aliphatic rings. The molecule has 7 nitrogen and oxygen atoms in total. The molecule has 0 bridgehead atoms. The molecule has 20 rings (SSSR count). The first kappa shape index (κ1) is 56.8. The van der Waals surface area contributed by atoms with Crippen LogP contribution in [-0.4, -0.2) is 30.8 Å². The molecule has 15 aromatic carbocycles. The van der Waals surface area contributed by atoms with E-state index in [-0.39, 0.29) is 71.6 Å². The van der Waals surface area contributed by atoms with Gasteiger partial charge in [-0.2, -0.15) is 0 Å². The van der Waals surface area contributed by atoms with Crippen LogP contribution in [0.5, 0.6) is 0 Å². The largest absolute Gasteiger partial charge is 0.310 e. The monoisotopic (exact) mass is 1530 g/mol. The molecule has 0 radical (unpaired) electrons. The van der Waals surface area contributed by atoms with E-state index in [9.17, 15) is 21.9 Å². The summed E-state index contributed by atoms with van der Waals surface area (Å²) < 4.78 is 160. The Bertz CT molecular complexity index is 7690. The Morgan fingerprint density at radius 2 is 0.581 bits per heavy atom. The van der Waals surface area contributed by atoms with E-state index in [0.717, 1.165) is 72.3 Å². The van der Waals surface area contributed by atoms with Gasteiger partial charge in [0, 0.05) is 83.4 Å². The van der Waals surface area contributed by atoms with E-state index in [1.165, 1.54) is 4.57 Å². The van der Waals surface area contributed by atoms with Crippen LogP contribution in [0.4, 0.5) is 34.1 Å². The molecule has 0 saturated heterocycles. The lowest BCUT2D eigenvalue weighted by Crippen LogP contribution is -2.61. The van der Waals surface area contributed by atoms with Gasteiger partial charge in [-0.25, -0.2) is 15.0 Å². The van der Waals surface area contributed by atoms with Gasteiger partial charge in [-0.3, -0.25) is 0 Å². The van der Waals surface area contributed by atoms with Gasteiger partial charge < -0.3 is 18.9 Å². The first-order chi connectivity index (χ1) is 63.2. The first-order valence-corrected chi connectivity index (χ1v) is 39.9. The summed E-state index contributed by atoms with van der Waals surface area (Å²) in [4.78, 5) is 21.1. The van der Waals surface area contributed by atoms with Crippen LogP contribution in [0.25, 0.3) is 134 Å². The van der Waals surface area contributed by atoms with Crippen molar-refractivity contribution in [3.8, 4) is 90.0 Å². The number of anilines is 6. The molecule has 5 heterocycles. The average Bonchev–Trinajstić information content (AvgIpc) is 1.56. The summed E-state index contributed by atoms with van der Waals surface area (Å²) in [6.45, 7) is 25.5. The van der Waals surface area contributed by atoms with Crippen molar-refractivity contribution in [3.63, 3.8) is 0 Å². The van der Waals surface area contributed by atoms with Gasteiger partial charge in [-0.1, -0.05) is 344 Å². The summed E-state index contributed by atoms with van der Waals surface area (Å²) in [6.07, 6.45) is 0. The zero-order chi connectivity index (χ0) is 93.9. The van der Waals surface area contributed by atoms with E-state index in [0.29, 0.717) is 73.3 Å². The summed E-state index contributed by atoms with van der Waals surface area (Å²) in [7, 11) is 0. The third kappa shape index (κ3) is 12.5. The van der Waals surface area contributed by atoms with Crippen LogP contribution in [0.3, 0.4) is 0 Å². The van der Waals surface area contributed by atoms with Gasteiger partial charge >= 0.3 is 0 Å².